The number of carbonyl (C=O) groups is 1. The monoisotopic (exact) mass is 358 g/mol. The lowest BCUT2D eigenvalue weighted by molar-refractivity contribution is -0.115. The second-order valence-corrected chi connectivity index (χ2v) is 6.98. The zero-order valence-corrected chi connectivity index (χ0v) is 15.1. The second kappa shape index (κ2) is 8.25. The van der Waals surface area contributed by atoms with Gasteiger partial charge in [0.2, 0.25) is 0 Å². The van der Waals surface area contributed by atoms with Crippen molar-refractivity contribution < 1.29 is 14.3 Å². The van der Waals surface area contributed by atoms with Gasteiger partial charge in [0.1, 0.15) is 6.61 Å². The number of nitrogens with zero attached hydrogens (tertiary/aromatic N) is 1. The molecule has 0 bridgehead atoms. The van der Waals surface area contributed by atoms with Crippen LogP contribution in [0.4, 0.5) is 0 Å². The van der Waals surface area contributed by atoms with E-state index in [0.717, 1.165) is 18.4 Å². The first-order chi connectivity index (χ1) is 12.2. The third kappa shape index (κ3) is 4.45. The van der Waals surface area contributed by atoms with Crippen molar-refractivity contribution in [3.05, 3.63) is 41.3 Å². The van der Waals surface area contributed by atoms with Crippen LogP contribution in [0.2, 0.25) is 0 Å². The fraction of sp³-hybridized carbons (Fsp3) is 0.368. The summed E-state index contributed by atoms with van der Waals surface area (Å²) in [5, 5.41) is 3.57. The Labute approximate surface area is 152 Å². The van der Waals surface area contributed by atoms with Gasteiger partial charge in [-0.2, -0.15) is 0 Å². The van der Waals surface area contributed by atoms with Gasteiger partial charge in [0.05, 0.1) is 18.1 Å². The van der Waals surface area contributed by atoms with Gasteiger partial charge in [-0.3, -0.25) is 9.79 Å². The van der Waals surface area contributed by atoms with Gasteiger partial charge in [-0.15, -0.1) is 0 Å². The first-order valence-electron chi connectivity index (χ1n) is 8.40. The molecule has 25 heavy (non-hydrogen) atoms. The molecule has 0 unspecified atom stereocenters. The highest BCUT2D eigenvalue weighted by molar-refractivity contribution is 8.18. The van der Waals surface area contributed by atoms with Gasteiger partial charge in [0.25, 0.3) is 5.91 Å². The number of benzene rings is 1. The predicted molar refractivity (Wildman–Crippen MR) is 102 cm³/mol. The zero-order chi connectivity index (χ0) is 17.6. The number of amides is 1. The highest BCUT2D eigenvalue weighted by Gasteiger charge is 2.25. The molecule has 1 aromatic rings. The first kappa shape index (κ1) is 17.6. The molecule has 1 N–H and O–H groups in total. The molecule has 0 aromatic heterocycles. The highest BCUT2D eigenvalue weighted by Crippen LogP contribution is 2.32. The summed E-state index contributed by atoms with van der Waals surface area (Å²) in [7, 11) is 1.59. The van der Waals surface area contributed by atoms with Crippen molar-refractivity contribution in [3.8, 4) is 11.5 Å². The first-order valence-corrected chi connectivity index (χ1v) is 9.21. The van der Waals surface area contributed by atoms with E-state index in [1.54, 1.807) is 13.2 Å². The van der Waals surface area contributed by atoms with Crippen molar-refractivity contribution in [1.29, 1.82) is 0 Å². The number of rotatable bonds is 6. The van der Waals surface area contributed by atoms with Crippen molar-refractivity contribution in [2.45, 2.75) is 31.7 Å². The summed E-state index contributed by atoms with van der Waals surface area (Å²) >= 11 is 1.40. The van der Waals surface area contributed by atoms with Crippen molar-refractivity contribution in [2.75, 3.05) is 13.7 Å². The van der Waals surface area contributed by atoms with Gasteiger partial charge in [0, 0.05) is 0 Å². The molecule has 1 aliphatic carbocycles. The van der Waals surface area contributed by atoms with Gasteiger partial charge in [-0.25, -0.2) is 0 Å². The van der Waals surface area contributed by atoms with Crippen molar-refractivity contribution >= 4 is 28.9 Å². The highest BCUT2D eigenvalue weighted by atomic mass is 32.2. The standard InChI is InChI=1S/C19H22N2O3S/c1-3-10-24-15-9-8-13(11-16(15)23-2)12-17-18(22)21-19(25-17)20-14-6-4-5-7-14/h3,8-9,11-12,14H,1,4-7,10H2,2H3,(H,20,21,22)/b17-12+. The summed E-state index contributed by atoms with van der Waals surface area (Å²) in [4.78, 5) is 17.5. The van der Waals surface area contributed by atoms with E-state index in [1.165, 1.54) is 24.6 Å². The molecule has 1 amide bonds. The van der Waals surface area contributed by atoms with Crippen LogP contribution < -0.4 is 14.8 Å². The molecule has 0 atom stereocenters. The molecule has 1 saturated heterocycles. The third-order valence-corrected chi connectivity index (χ3v) is 5.04. The summed E-state index contributed by atoms with van der Waals surface area (Å²) < 4.78 is 10.9. The lowest BCUT2D eigenvalue weighted by atomic mass is 10.2. The van der Waals surface area contributed by atoms with Crippen molar-refractivity contribution in [2.24, 2.45) is 4.99 Å². The third-order valence-electron chi connectivity index (χ3n) is 4.12. The summed E-state index contributed by atoms with van der Waals surface area (Å²) in [5.41, 5.74) is 0.877. The second-order valence-electron chi connectivity index (χ2n) is 5.95. The summed E-state index contributed by atoms with van der Waals surface area (Å²) in [5.74, 6) is 1.17. The number of amidine groups is 1. The van der Waals surface area contributed by atoms with Gasteiger partial charge in [-0.05, 0) is 48.4 Å². The van der Waals surface area contributed by atoms with Crippen LogP contribution in [0.1, 0.15) is 31.2 Å². The van der Waals surface area contributed by atoms with E-state index in [2.05, 4.69) is 16.9 Å². The Balaban J connectivity index is 1.75. The van der Waals surface area contributed by atoms with Gasteiger partial charge < -0.3 is 14.8 Å². The van der Waals surface area contributed by atoms with Gasteiger partial charge in [-0.1, -0.05) is 31.6 Å². The van der Waals surface area contributed by atoms with Crippen LogP contribution >= 0.6 is 11.8 Å². The quantitative estimate of drug-likeness (QED) is 0.621. The lowest BCUT2D eigenvalue weighted by Crippen LogP contribution is -2.21. The molecule has 0 radical (unpaired) electrons. The van der Waals surface area contributed by atoms with E-state index in [9.17, 15) is 4.79 Å². The van der Waals surface area contributed by atoms with Crippen LogP contribution in [0.5, 0.6) is 11.5 Å². The zero-order valence-electron chi connectivity index (χ0n) is 14.3. The Bertz CT molecular complexity index is 721. The number of nitrogens with one attached hydrogen (secondary N) is 1. The minimum atomic E-state index is -0.104. The number of aliphatic imine (C=N–C) groups is 1. The van der Waals surface area contributed by atoms with E-state index in [0.29, 0.717) is 34.2 Å². The molecular formula is C19H22N2O3S. The van der Waals surface area contributed by atoms with Crippen LogP contribution in [0, 0.1) is 0 Å². The molecule has 3 rings (SSSR count). The van der Waals surface area contributed by atoms with Crippen LogP contribution in [0.3, 0.4) is 0 Å². The molecule has 6 heteroatoms. The average Bonchev–Trinajstić information content (AvgIpc) is 3.24. The molecule has 132 valence electrons. The molecular weight excluding hydrogens is 336 g/mol. The van der Waals surface area contributed by atoms with E-state index >= 15 is 0 Å². The lowest BCUT2D eigenvalue weighted by Gasteiger charge is -2.09. The molecule has 1 aromatic carbocycles. The normalized spacial score (nSPS) is 20.9. The van der Waals surface area contributed by atoms with Crippen molar-refractivity contribution in [3.63, 3.8) is 0 Å². The predicted octanol–water partition coefficient (Wildman–Crippen LogP) is 3.76. The number of methoxy groups -OCH3 is 1. The Hall–Kier alpha value is -2.21. The number of hydrogen-bond donors (Lipinski definition) is 1. The Morgan fingerprint density at radius 3 is 2.88 bits per heavy atom. The topological polar surface area (TPSA) is 59.9 Å². The average molecular weight is 358 g/mol. The minimum Gasteiger partial charge on any atom is -0.493 e. The largest absolute Gasteiger partial charge is 0.493 e. The Morgan fingerprint density at radius 2 is 2.16 bits per heavy atom. The Kier molecular flexibility index (Phi) is 5.81. The van der Waals surface area contributed by atoms with Crippen LogP contribution in [0.15, 0.2) is 40.8 Å². The fourth-order valence-corrected chi connectivity index (χ4v) is 3.77. The fourth-order valence-electron chi connectivity index (χ4n) is 2.88. The Morgan fingerprint density at radius 1 is 1.36 bits per heavy atom. The smallest absolute Gasteiger partial charge is 0.264 e. The van der Waals surface area contributed by atoms with Crippen LogP contribution in [0.25, 0.3) is 6.08 Å². The van der Waals surface area contributed by atoms with Crippen LogP contribution in [-0.2, 0) is 4.79 Å². The van der Waals surface area contributed by atoms with E-state index in [-0.39, 0.29) is 5.91 Å². The van der Waals surface area contributed by atoms with Crippen LogP contribution in [-0.4, -0.2) is 30.8 Å². The number of thioether (sulfide) groups is 1. The summed E-state index contributed by atoms with van der Waals surface area (Å²) in [6.07, 6.45) is 8.20. The SMILES string of the molecule is C=CCOc1ccc(/C=C2/SC(=NC3CCCC3)NC2=O)cc1OC. The number of carbonyl (C=O) groups excluding carboxylic acids is 1. The molecule has 2 aliphatic rings. The molecule has 0 spiro atoms. The number of hydrogen-bond acceptors (Lipinski definition) is 5. The molecule has 1 aliphatic heterocycles. The maximum Gasteiger partial charge on any atom is 0.264 e. The molecule has 1 heterocycles. The summed E-state index contributed by atoms with van der Waals surface area (Å²) in [6, 6.07) is 5.93. The van der Waals surface area contributed by atoms with Gasteiger partial charge >= 0.3 is 0 Å². The van der Waals surface area contributed by atoms with E-state index in [1.807, 2.05) is 24.3 Å². The number of ether oxygens (including phenoxy) is 2. The molecule has 5 nitrogen and oxygen atoms in total. The van der Waals surface area contributed by atoms with Gasteiger partial charge in [0.15, 0.2) is 16.7 Å². The minimum absolute atomic E-state index is 0.104. The summed E-state index contributed by atoms with van der Waals surface area (Å²) in [6.45, 7) is 4.05. The van der Waals surface area contributed by atoms with E-state index in [4.69, 9.17) is 9.47 Å². The maximum absolute atomic E-state index is 12.2. The maximum atomic E-state index is 12.2. The molecule has 1 saturated carbocycles. The molecule has 2 fully saturated rings. The van der Waals surface area contributed by atoms with Crippen molar-refractivity contribution in [1.82, 2.24) is 5.32 Å². The van der Waals surface area contributed by atoms with E-state index < -0.39 is 0 Å².